The number of aromatic carboxylic acids is 1. The van der Waals surface area contributed by atoms with E-state index in [9.17, 15) is 19.3 Å². The lowest BCUT2D eigenvalue weighted by Gasteiger charge is -2.03. The lowest BCUT2D eigenvalue weighted by Crippen LogP contribution is -2.06. The lowest BCUT2D eigenvalue weighted by molar-refractivity contribution is -0.387. The van der Waals surface area contributed by atoms with Gasteiger partial charge in [-0.2, -0.15) is 4.39 Å². The van der Waals surface area contributed by atoms with Crippen LogP contribution in [0.25, 0.3) is 0 Å². The largest absolute Gasteiger partial charge is 0.477 e. The number of nitro benzene ring substituents is 1. The first-order valence-corrected chi connectivity index (χ1v) is 4.18. The van der Waals surface area contributed by atoms with Crippen molar-refractivity contribution in [1.29, 1.82) is 0 Å². The molecule has 5 nitrogen and oxygen atoms in total. The van der Waals surface area contributed by atoms with Gasteiger partial charge in [0, 0.05) is 0 Å². The number of hydrogen-bond donors (Lipinski definition) is 1. The lowest BCUT2D eigenvalue weighted by atomic mass is 10.1. The van der Waals surface area contributed by atoms with Gasteiger partial charge in [0.2, 0.25) is 5.82 Å². The summed E-state index contributed by atoms with van der Waals surface area (Å²) in [4.78, 5) is 20.1. The summed E-state index contributed by atoms with van der Waals surface area (Å²) < 4.78 is 13.4. The van der Waals surface area contributed by atoms with E-state index in [0.717, 1.165) is 6.07 Å². The molecule has 1 N–H and O–H groups in total. The summed E-state index contributed by atoms with van der Waals surface area (Å²) in [7, 11) is 0. The van der Waals surface area contributed by atoms with Gasteiger partial charge in [0.25, 0.3) is 0 Å². The molecule has 0 aliphatic heterocycles. The highest BCUT2D eigenvalue weighted by molar-refractivity contribution is 5.92. The van der Waals surface area contributed by atoms with Gasteiger partial charge in [0.05, 0.1) is 4.92 Å². The molecule has 0 aliphatic rings. The highest BCUT2D eigenvalue weighted by Gasteiger charge is 2.26. The summed E-state index contributed by atoms with van der Waals surface area (Å²) in [6.45, 7) is 1.63. The van der Waals surface area contributed by atoms with Crippen molar-refractivity contribution in [2.24, 2.45) is 0 Å². The van der Waals surface area contributed by atoms with Gasteiger partial charge in [0.15, 0.2) is 0 Å². The molecular formula is C9H8FNO4. The Morgan fingerprint density at radius 2 is 2.20 bits per heavy atom. The van der Waals surface area contributed by atoms with Crippen molar-refractivity contribution in [1.82, 2.24) is 0 Å². The van der Waals surface area contributed by atoms with E-state index < -0.39 is 28.0 Å². The molecule has 0 fully saturated rings. The minimum Gasteiger partial charge on any atom is -0.477 e. The molecule has 0 unspecified atom stereocenters. The van der Waals surface area contributed by atoms with Crippen molar-refractivity contribution >= 4 is 11.7 Å². The van der Waals surface area contributed by atoms with Gasteiger partial charge in [-0.1, -0.05) is 13.0 Å². The molecule has 0 radical (unpaired) electrons. The average Bonchev–Trinajstić information content (AvgIpc) is 2.16. The average molecular weight is 213 g/mol. The topological polar surface area (TPSA) is 80.4 Å². The van der Waals surface area contributed by atoms with Crippen LogP contribution in [0, 0.1) is 15.9 Å². The minimum absolute atomic E-state index is 0.131. The number of halogens is 1. The van der Waals surface area contributed by atoms with E-state index in [1.165, 1.54) is 6.07 Å². The van der Waals surface area contributed by atoms with Crippen molar-refractivity contribution in [3.63, 3.8) is 0 Å². The number of rotatable bonds is 3. The molecule has 0 bridgehead atoms. The zero-order chi connectivity index (χ0) is 11.6. The fourth-order valence-electron chi connectivity index (χ4n) is 1.23. The predicted octanol–water partition coefficient (Wildman–Crippen LogP) is 1.99. The van der Waals surface area contributed by atoms with Crippen molar-refractivity contribution in [2.75, 3.05) is 0 Å². The summed E-state index contributed by atoms with van der Waals surface area (Å²) >= 11 is 0. The maximum absolute atomic E-state index is 13.4. The number of nitrogens with zero attached hydrogens (tertiary/aromatic N) is 1. The SMILES string of the molecule is CCc1ccc(C(=O)O)c([N+](=O)[O-])c1F. The molecule has 0 saturated heterocycles. The van der Waals surface area contributed by atoms with Gasteiger partial charge in [-0.3, -0.25) is 10.1 Å². The van der Waals surface area contributed by atoms with Crippen molar-refractivity contribution in [3.8, 4) is 0 Å². The molecular weight excluding hydrogens is 205 g/mol. The third-order valence-corrected chi connectivity index (χ3v) is 1.99. The van der Waals surface area contributed by atoms with E-state index in [0.29, 0.717) is 0 Å². The van der Waals surface area contributed by atoms with Crippen LogP contribution < -0.4 is 0 Å². The summed E-state index contributed by atoms with van der Waals surface area (Å²) in [6, 6.07) is 2.29. The number of carboxylic acid groups (broad SMARTS) is 1. The first-order valence-electron chi connectivity index (χ1n) is 4.18. The standard InChI is InChI=1S/C9H8FNO4/c1-2-5-3-4-6(9(12)13)8(7(5)10)11(14)15/h3-4H,2H2,1H3,(H,12,13). The Labute approximate surface area is 84.3 Å². The zero-order valence-electron chi connectivity index (χ0n) is 7.86. The van der Waals surface area contributed by atoms with Crippen LogP contribution in [-0.4, -0.2) is 16.0 Å². The second-order valence-electron chi connectivity index (χ2n) is 2.85. The third-order valence-electron chi connectivity index (χ3n) is 1.99. The number of carbonyl (C=O) groups is 1. The number of benzene rings is 1. The summed E-state index contributed by atoms with van der Waals surface area (Å²) in [5.41, 5.74) is -1.47. The Morgan fingerprint density at radius 1 is 1.60 bits per heavy atom. The molecule has 1 aromatic carbocycles. The molecule has 6 heteroatoms. The maximum Gasteiger partial charge on any atom is 0.342 e. The van der Waals surface area contributed by atoms with Crippen molar-refractivity contribution in [3.05, 3.63) is 39.2 Å². The molecule has 0 saturated carbocycles. The van der Waals surface area contributed by atoms with Gasteiger partial charge in [0.1, 0.15) is 5.56 Å². The van der Waals surface area contributed by atoms with E-state index >= 15 is 0 Å². The molecule has 0 amide bonds. The monoisotopic (exact) mass is 213 g/mol. The second kappa shape index (κ2) is 4.04. The van der Waals surface area contributed by atoms with Crippen LogP contribution in [-0.2, 0) is 6.42 Å². The molecule has 0 aromatic heterocycles. The summed E-state index contributed by atoms with van der Waals surface area (Å²) in [6.07, 6.45) is 0.270. The van der Waals surface area contributed by atoms with Gasteiger partial charge in [-0.15, -0.1) is 0 Å². The minimum atomic E-state index is -1.51. The Balaban J connectivity index is 3.51. The van der Waals surface area contributed by atoms with Gasteiger partial charge >= 0.3 is 11.7 Å². The van der Waals surface area contributed by atoms with Crippen LogP contribution in [0.4, 0.5) is 10.1 Å². The number of nitro groups is 1. The quantitative estimate of drug-likeness (QED) is 0.615. The first kappa shape index (κ1) is 11.1. The van der Waals surface area contributed by atoms with Crippen molar-refractivity contribution < 1.29 is 19.2 Å². The highest BCUT2D eigenvalue weighted by Crippen LogP contribution is 2.25. The predicted molar refractivity (Wildman–Crippen MR) is 49.4 cm³/mol. The molecule has 0 atom stereocenters. The highest BCUT2D eigenvalue weighted by atomic mass is 19.1. The van der Waals surface area contributed by atoms with E-state index in [-0.39, 0.29) is 12.0 Å². The Hall–Kier alpha value is -1.98. The number of aryl methyl sites for hydroxylation is 1. The maximum atomic E-state index is 13.4. The second-order valence-corrected chi connectivity index (χ2v) is 2.85. The van der Waals surface area contributed by atoms with E-state index in [4.69, 9.17) is 5.11 Å². The van der Waals surface area contributed by atoms with Crippen LogP contribution in [0.5, 0.6) is 0 Å². The molecule has 0 spiro atoms. The molecule has 0 aliphatic carbocycles. The Morgan fingerprint density at radius 3 is 2.60 bits per heavy atom. The van der Waals surface area contributed by atoms with Gasteiger partial charge in [-0.05, 0) is 18.1 Å². The van der Waals surface area contributed by atoms with E-state index in [1.54, 1.807) is 6.92 Å². The third kappa shape index (κ3) is 1.93. The fourth-order valence-corrected chi connectivity index (χ4v) is 1.23. The summed E-state index contributed by atoms with van der Waals surface area (Å²) in [5.74, 6) is -2.58. The van der Waals surface area contributed by atoms with Crippen LogP contribution >= 0.6 is 0 Å². The van der Waals surface area contributed by atoms with Crippen LogP contribution in [0.1, 0.15) is 22.8 Å². The van der Waals surface area contributed by atoms with Crippen LogP contribution in [0.15, 0.2) is 12.1 Å². The van der Waals surface area contributed by atoms with Gasteiger partial charge in [-0.25, -0.2) is 4.79 Å². The smallest absolute Gasteiger partial charge is 0.342 e. The number of carboxylic acids is 1. The molecule has 0 heterocycles. The first-order chi connectivity index (χ1) is 6.99. The summed E-state index contributed by atoms with van der Waals surface area (Å²) in [5, 5.41) is 19.1. The molecule has 1 rings (SSSR count). The van der Waals surface area contributed by atoms with Crippen molar-refractivity contribution in [2.45, 2.75) is 13.3 Å². The number of hydrogen-bond acceptors (Lipinski definition) is 3. The zero-order valence-corrected chi connectivity index (χ0v) is 7.86. The van der Waals surface area contributed by atoms with E-state index in [1.807, 2.05) is 0 Å². The Kier molecular flexibility index (Phi) is 2.99. The molecule has 80 valence electrons. The fraction of sp³-hybridized carbons (Fsp3) is 0.222. The molecule has 1 aromatic rings. The Bertz CT molecular complexity index is 430. The molecule has 15 heavy (non-hydrogen) atoms. The van der Waals surface area contributed by atoms with Gasteiger partial charge < -0.3 is 5.11 Å². The van der Waals surface area contributed by atoms with Crippen LogP contribution in [0.2, 0.25) is 0 Å². The van der Waals surface area contributed by atoms with Crippen LogP contribution in [0.3, 0.4) is 0 Å². The normalized spacial score (nSPS) is 10.0. The van der Waals surface area contributed by atoms with E-state index in [2.05, 4.69) is 0 Å².